The van der Waals surface area contributed by atoms with E-state index in [2.05, 4.69) is 20.3 Å². The Morgan fingerprint density at radius 1 is 1.09 bits per heavy atom. The van der Waals surface area contributed by atoms with E-state index in [0.29, 0.717) is 36.1 Å². The van der Waals surface area contributed by atoms with Crippen molar-refractivity contribution in [3.05, 3.63) is 54.0 Å². The number of aliphatic hydroxyl groups excluding tert-OH is 1. The molecule has 1 saturated heterocycles. The highest BCUT2D eigenvalue weighted by atomic mass is 19.4. The van der Waals surface area contributed by atoms with E-state index >= 15 is 0 Å². The van der Waals surface area contributed by atoms with Crippen molar-refractivity contribution in [1.29, 1.82) is 0 Å². The SMILES string of the molecule is O=C(Nc1ccc2nn(CC(=O)N3CCN(CCCO)CC3)cc2c1)c1cccc(C(F)(F)F)n1. The molecule has 1 aliphatic heterocycles. The van der Waals surface area contributed by atoms with E-state index in [-0.39, 0.29) is 24.8 Å². The van der Waals surface area contributed by atoms with Crippen LogP contribution in [0.3, 0.4) is 0 Å². The fourth-order valence-corrected chi connectivity index (χ4v) is 3.90. The topological polar surface area (TPSA) is 104 Å². The van der Waals surface area contributed by atoms with Crippen LogP contribution in [0.2, 0.25) is 0 Å². The highest BCUT2D eigenvalue weighted by Crippen LogP contribution is 2.27. The lowest BCUT2D eigenvalue weighted by Crippen LogP contribution is -2.49. The van der Waals surface area contributed by atoms with Crippen LogP contribution in [0.5, 0.6) is 0 Å². The van der Waals surface area contributed by atoms with Crippen molar-refractivity contribution in [2.24, 2.45) is 0 Å². The third-order valence-corrected chi connectivity index (χ3v) is 5.74. The number of benzene rings is 1. The largest absolute Gasteiger partial charge is 0.433 e. The number of carbonyl (C=O) groups is 2. The molecular formula is C23H25F3N6O3. The Morgan fingerprint density at radius 2 is 1.86 bits per heavy atom. The van der Waals surface area contributed by atoms with Crippen LogP contribution >= 0.6 is 0 Å². The van der Waals surface area contributed by atoms with Crippen molar-refractivity contribution >= 4 is 28.4 Å². The minimum Gasteiger partial charge on any atom is -0.396 e. The number of aliphatic hydroxyl groups is 1. The molecule has 0 unspecified atom stereocenters. The van der Waals surface area contributed by atoms with Crippen LogP contribution in [0.4, 0.5) is 18.9 Å². The summed E-state index contributed by atoms with van der Waals surface area (Å²) in [5.41, 5.74) is -0.510. The lowest BCUT2D eigenvalue weighted by atomic mass is 10.2. The van der Waals surface area contributed by atoms with Crippen LogP contribution in [0.1, 0.15) is 22.6 Å². The summed E-state index contributed by atoms with van der Waals surface area (Å²) in [6, 6.07) is 8.01. The highest BCUT2D eigenvalue weighted by molar-refractivity contribution is 6.03. The van der Waals surface area contributed by atoms with Crippen LogP contribution in [0.25, 0.3) is 10.9 Å². The summed E-state index contributed by atoms with van der Waals surface area (Å²) in [6.07, 6.45) is -2.25. The zero-order valence-corrected chi connectivity index (χ0v) is 18.8. The smallest absolute Gasteiger partial charge is 0.396 e. The van der Waals surface area contributed by atoms with Gasteiger partial charge in [0, 0.05) is 56.6 Å². The molecule has 0 aliphatic carbocycles. The van der Waals surface area contributed by atoms with Gasteiger partial charge in [0.05, 0.1) is 5.52 Å². The lowest BCUT2D eigenvalue weighted by Gasteiger charge is -2.34. The van der Waals surface area contributed by atoms with Crippen molar-refractivity contribution in [2.75, 3.05) is 44.6 Å². The van der Waals surface area contributed by atoms with Gasteiger partial charge >= 0.3 is 6.18 Å². The van der Waals surface area contributed by atoms with Gasteiger partial charge in [-0.1, -0.05) is 6.07 Å². The summed E-state index contributed by atoms with van der Waals surface area (Å²) in [6.45, 7) is 3.79. The fourth-order valence-electron chi connectivity index (χ4n) is 3.90. The van der Waals surface area contributed by atoms with Gasteiger partial charge in [-0.25, -0.2) is 4.98 Å². The van der Waals surface area contributed by atoms with Gasteiger partial charge < -0.3 is 15.3 Å². The minimum absolute atomic E-state index is 0.0521. The molecule has 1 fully saturated rings. The first-order valence-corrected chi connectivity index (χ1v) is 11.2. The van der Waals surface area contributed by atoms with Gasteiger partial charge in [-0.2, -0.15) is 18.3 Å². The van der Waals surface area contributed by atoms with Gasteiger partial charge in [-0.15, -0.1) is 0 Å². The molecule has 0 saturated carbocycles. The van der Waals surface area contributed by atoms with Crippen LogP contribution in [0.15, 0.2) is 42.6 Å². The molecule has 186 valence electrons. The van der Waals surface area contributed by atoms with Gasteiger partial charge in [0.25, 0.3) is 5.91 Å². The Hall–Kier alpha value is -3.51. The number of rotatable bonds is 7. The number of piperazine rings is 1. The third kappa shape index (κ3) is 6.14. The fraction of sp³-hybridized carbons (Fsp3) is 0.391. The number of amides is 2. The number of nitrogens with zero attached hydrogens (tertiary/aromatic N) is 5. The highest BCUT2D eigenvalue weighted by Gasteiger charge is 2.33. The molecule has 3 heterocycles. The van der Waals surface area contributed by atoms with Crippen molar-refractivity contribution in [3.8, 4) is 0 Å². The average Bonchev–Trinajstić information content (AvgIpc) is 3.24. The Labute approximate surface area is 199 Å². The molecule has 2 N–H and O–H groups in total. The number of alkyl halides is 3. The van der Waals surface area contributed by atoms with E-state index in [1.54, 1.807) is 29.3 Å². The van der Waals surface area contributed by atoms with Crippen LogP contribution < -0.4 is 5.32 Å². The summed E-state index contributed by atoms with van der Waals surface area (Å²) in [5, 5.41) is 16.6. The van der Waals surface area contributed by atoms with E-state index in [9.17, 15) is 22.8 Å². The number of halogens is 3. The standard InChI is InChI=1S/C23H25F3N6O3/c24-23(25,26)20-4-1-3-19(28-20)22(35)27-17-5-6-18-16(13-17)14-32(29-18)15-21(34)31-10-8-30(9-11-31)7-2-12-33/h1,3-6,13-14,33H,2,7-12,15H2,(H,27,35). The van der Waals surface area contributed by atoms with Crippen LogP contribution in [-0.2, 0) is 17.5 Å². The maximum atomic E-state index is 12.9. The number of aromatic nitrogens is 3. The second-order valence-electron chi connectivity index (χ2n) is 8.26. The van der Waals surface area contributed by atoms with Crippen molar-refractivity contribution in [3.63, 3.8) is 0 Å². The molecule has 3 aromatic rings. The van der Waals surface area contributed by atoms with Crippen molar-refractivity contribution in [2.45, 2.75) is 19.1 Å². The molecule has 0 bridgehead atoms. The van der Waals surface area contributed by atoms with E-state index in [4.69, 9.17) is 5.11 Å². The Bertz CT molecular complexity index is 1200. The monoisotopic (exact) mass is 490 g/mol. The Kier molecular flexibility index (Phi) is 7.31. The molecular weight excluding hydrogens is 465 g/mol. The van der Waals surface area contributed by atoms with Crippen molar-refractivity contribution < 1.29 is 27.9 Å². The van der Waals surface area contributed by atoms with Gasteiger partial charge in [0.1, 0.15) is 17.9 Å². The average molecular weight is 490 g/mol. The molecule has 12 heteroatoms. The normalized spacial score (nSPS) is 14.9. The van der Waals surface area contributed by atoms with Gasteiger partial charge in [-0.05, 0) is 36.8 Å². The second kappa shape index (κ2) is 10.4. The number of pyridine rings is 1. The van der Waals surface area contributed by atoms with Gasteiger partial charge in [-0.3, -0.25) is 19.2 Å². The number of fused-ring (bicyclic) bond motifs is 1. The van der Waals surface area contributed by atoms with E-state index in [0.717, 1.165) is 31.8 Å². The summed E-state index contributed by atoms with van der Waals surface area (Å²) < 4.78 is 40.1. The predicted molar refractivity (Wildman–Crippen MR) is 122 cm³/mol. The predicted octanol–water partition coefficient (Wildman–Crippen LogP) is 2.23. The van der Waals surface area contributed by atoms with Gasteiger partial charge in [0.2, 0.25) is 5.91 Å². The van der Waals surface area contributed by atoms with E-state index < -0.39 is 17.8 Å². The molecule has 2 amide bonds. The zero-order valence-electron chi connectivity index (χ0n) is 18.8. The first-order valence-electron chi connectivity index (χ1n) is 11.2. The van der Waals surface area contributed by atoms with E-state index in [1.807, 2.05) is 0 Å². The number of carbonyl (C=O) groups excluding carboxylic acids is 2. The Balaban J connectivity index is 1.38. The van der Waals surface area contributed by atoms with Gasteiger partial charge in [0.15, 0.2) is 0 Å². The molecule has 9 nitrogen and oxygen atoms in total. The lowest BCUT2D eigenvalue weighted by molar-refractivity contribution is -0.141. The third-order valence-electron chi connectivity index (χ3n) is 5.74. The maximum Gasteiger partial charge on any atom is 0.433 e. The molecule has 0 atom stereocenters. The molecule has 0 radical (unpaired) electrons. The minimum atomic E-state index is -4.64. The maximum absolute atomic E-state index is 12.9. The summed E-state index contributed by atoms with van der Waals surface area (Å²) in [7, 11) is 0. The first-order chi connectivity index (χ1) is 16.7. The first kappa shape index (κ1) is 24.6. The van der Waals surface area contributed by atoms with Crippen molar-refractivity contribution in [1.82, 2.24) is 24.6 Å². The number of nitrogens with one attached hydrogen (secondary N) is 1. The summed E-state index contributed by atoms with van der Waals surface area (Å²) in [5.74, 6) is -0.820. The summed E-state index contributed by atoms with van der Waals surface area (Å²) in [4.78, 5) is 32.5. The quantitative estimate of drug-likeness (QED) is 0.527. The van der Waals surface area contributed by atoms with Crippen LogP contribution in [0, 0.1) is 0 Å². The van der Waals surface area contributed by atoms with E-state index in [1.165, 1.54) is 10.7 Å². The molecule has 35 heavy (non-hydrogen) atoms. The summed E-state index contributed by atoms with van der Waals surface area (Å²) >= 11 is 0. The van der Waals surface area contributed by atoms with Crippen LogP contribution in [-0.4, -0.2) is 80.8 Å². The molecule has 1 aliphatic rings. The number of hydrogen-bond donors (Lipinski definition) is 2. The zero-order chi connectivity index (χ0) is 25.0. The molecule has 4 rings (SSSR count). The molecule has 1 aromatic carbocycles. The Morgan fingerprint density at radius 3 is 2.57 bits per heavy atom. The number of anilines is 1. The second-order valence-corrected chi connectivity index (χ2v) is 8.26. The molecule has 0 spiro atoms. The molecule has 2 aromatic heterocycles. The number of hydrogen-bond acceptors (Lipinski definition) is 6.